The first-order chi connectivity index (χ1) is 8.45. The van der Waals surface area contributed by atoms with Crippen LogP contribution in [-0.4, -0.2) is 18.2 Å². The quantitative estimate of drug-likeness (QED) is 0.805. The van der Waals surface area contributed by atoms with Crippen molar-refractivity contribution in [2.24, 2.45) is 11.7 Å². The molecule has 0 aliphatic heterocycles. The Morgan fingerprint density at radius 1 is 1.22 bits per heavy atom. The van der Waals surface area contributed by atoms with Crippen LogP contribution in [0.1, 0.15) is 32.4 Å². The van der Waals surface area contributed by atoms with E-state index >= 15 is 0 Å². The van der Waals surface area contributed by atoms with Crippen LogP contribution in [-0.2, 0) is 4.79 Å². The van der Waals surface area contributed by atoms with Crippen LogP contribution in [0.2, 0.25) is 0 Å². The number of hydrogen-bond acceptors (Lipinski definition) is 3. The molecule has 3 N–H and O–H groups in total. The molecule has 2 unspecified atom stereocenters. The Bertz CT molecular complexity index is 389. The van der Waals surface area contributed by atoms with Crippen molar-refractivity contribution in [1.29, 1.82) is 0 Å². The van der Waals surface area contributed by atoms with Crippen LogP contribution in [0, 0.1) is 5.92 Å². The van der Waals surface area contributed by atoms with Gasteiger partial charge < -0.3 is 11.1 Å². The molecule has 0 fully saturated rings. The molecule has 1 aromatic rings. The van der Waals surface area contributed by atoms with E-state index in [1.807, 2.05) is 39.2 Å². The molecular formula is C14H22N2OS. The molecule has 1 aromatic carbocycles. The summed E-state index contributed by atoms with van der Waals surface area (Å²) in [5.74, 6) is 0.0579. The molecule has 4 heteroatoms. The minimum absolute atomic E-state index is 0.0155. The largest absolute Gasteiger partial charge is 0.348 e. The smallest absolute Gasteiger partial charge is 0.237 e. The van der Waals surface area contributed by atoms with Gasteiger partial charge in [0.1, 0.15) is 0 Å². The van der Waals surface area contributed by atoms with Crippen LogP contribution in [0.25, 0.3) is 0 Å². The van der Waals surface area contributed by atoms with Crippen molar-refractivity contribution >= 4 is 17.7 Å². The van der Waals surface area contributed by atoms with Crippen LogP contribution >= 0.6 is 11.8 Å². The average Bonchev–Trinajstić information content (AvgIpc) is 2.37. The summed E-state index contributed by atoms with van der Waals surface area (Å²) in [6.07, 6.45) is 2.04. The fraction of sp³-hybridized carbons (Fsp3) is 0.500. The van der Waals surface area contributed by atoms with Gasteiger partial charge in [-0.15, -0.1) is 11.8 Å². The molecule has 0 radical (unpaired) electrons. The molecule has 0 aromatic heterocycles. The summed E-state index contributed by atoms with van der Waals surface area (Å²) in [7, 11) is 0. The fourth-order valence-electron chi connectivity index (χ4n) is 1.59. The Morgan fingerprint density at radius 2 is 1.78 bits per heavy atom. The lowest BCUT2D eigenvalue weighted by Gasteiger charge is -2.20. The molecule has 2 atom stereocenters. The third kappa shape index (κ3) is 4.03. The van der Waals surface area contributed by atoms with Gasteiger partial charge in [0.2, 0.25) is 5.91 Å². The van der Waals surface area contributed by atoms with E-state index < -0.39 is 6.04 Å². The predicted octanol–water partition coefficient (Wildman–Crippen LogP) is 2.57. The second-order valence-electron chi connectivity index (χ2n) is 4.77. The van der Waals surface area contributed by atoms with E-state index in [-0.39, 0.29) is 17.9 Å². The summed E-state index contributed by atoms with van der Waals surface area (Å²) in [6, 6.07) is 7.74. The van der Waals surface area contributed by atoms with Crippen LogP contribution in [0.5, 0.6) is 0 Å². The zero-order chi connectivity index (χ0) is 13.7. The Morgan fingerprint density at radius 3 is 2.22 bits per heavy atom. The highest BCUT2D eigenvalue weighted by molar-refractivity contribution is 7.98. The van der Waals surface area contributed by atoms with E-state index in [1.54, 1.807) is 11.8 Å². The number of carbonyl (C=O) groups is 1. The summed E-state index contributed by atoms with van der Waals surface area (Å²) in [4.78, 5) is 13.1. The highest BCUT2D eigenvalue weighted by atomic mass is 32.2. The molecule has 100 valence electrons. The van der Waals surface area contributed by atoms with Gasteiger partial charge in [-0.2, -0.15) is 0 Å². The minimum atomic E-state index is -0.446. The number of carbonyl (C=O) groups excluding carboxylic acids is 1. The molecule has 1 rings (SSSR count). The standard InChI is InChI=1S/C14H22N2OS/c1-9(2)13(15)14(17)16-10(3)11-5-7-12(18-4)8-6-11/h5-10,13H,15H2,1-4H3,(H,16,17). The number of thioether (sulfide) groups is 1. The van der Waals surface area contributed by atoms with Gasteiger partial charge in [-0.05, 0) is 36.8 Å². The summed E-state index contributed by atoms with van der Waals surface area (Å²) in [5, 5.41) is 2.94. The van der Waals surface area contributed by atoms with Gasteiger partial charge in [0.05, 0.1) is 12.1 Å². The highest BCUT2D eigenvalue weighted by Gasteiger charge is 2.19. The zero-order valence-corrected chi connectivity index (χ0v) is 12.3. The molecule has 3 nitrogen and oxygen atoms in total. The van der Waals surface area contributed by atoms with Gasteiger partial charge in [0.25, 0.3) is 0 Å². The van der Waals surface area contributed by atoms with Crippen LogP contribution in [0.15, 0.2) is 29.2 Å². The van der Waals surface area contributed by atoms with E-state index in [9.17, 15) is 4.79 Å². The third-order valence-corrected chi connectivity index (χ3v) is 3.74. The summed E-state index contributed by atoms with van der Waals surface area (Å²) >= 11 is 1.70. The van der Waals surface area contributed by atoms with E-state index in [2.05, 4.69) is 17.4 Å². The van der Waals surface area contributed by atoms with E-state index in [0.29, 0.717) is 0 Å². The summed E-state index contributed by atoms with van der Waals surface area (Å²) in [6.45, 7) is 5.86. The Hall–Kier alpha value is -1.00. The molecule has 0 heterocycles. The van der Waals surface area contributed by atoms with Gasteiger partial charge >= 0.3 is 0 Å². The Balaban J connectivity index is 2.64. The van der Waals surface area contributed by atoms with Gasteiger partial charge in [0.15, 0.2) is 0 Å². The molecular weight excluding hydrogens is 244 g/mol. The van der Waals surface area contributed by atoms with Crippen LogP contribution < -0.4 is 11.1 Å². The van der Waals surface area contributed by atoms with Gasteiger partial charge in [-0.3, -0.25) is 4.79 Å². The lowest BCUT2D eigenvalue weighted by Crippen LogP contribution is -2.44. The fourth-order valence-corrected chi connectivity index (χ4v) is 2.00. The lowest BCUT2D eigenvalue weighted by molar-refractivity contribution is -0.123. The van der Waals surface area contributed by atoms with Crippen molar-refractivity contribution in [1.82, 2.24) is 5.32 Å². The topological polar surface area (TPSA) is 55.1 Å². The lowest BCUT2D eigenvalue weighted by atomic mass is 10.0. The molecule has 0 bridgehead atoms. The average molecular weight is 266 g/mol. The molecule has 0 aliphatic carbocycles. The Kier molecular flexibility index (Phi) is 5.69. The highest BCUT2D eigenvalue weighted by Crippen LogP contribution is 2.19. The first-order valence-corrected chi connectivity index (χ1v) is 7.38. The normalized spacial score (nSPS) is 14.3. The number of benzene rings is 1. The minimum Gasteiger partial charge on any atom is -0.348 e. The van der Waals surface area contributed by atoms with Crippen molar-refractivity contribution in [2.45, 2.75) is 37.8 Å². The number of nitrogens with one attached hydrogen (secondary N) is 1. The predicted molar refractivity (Wildman–Crippen MR) is 77.6 cm³/mol. The zero-order valence-electron chi connectivity index (χ0n) is 11.4. The van der Waals surface area contributed by atoms with E-state index in [4.69, 9.17) is 5.73 Å². The molecule has 1 amide bonds. The first-order valence-electron chi connectivity index (χ1n) is 6.15. The maximum absolute atomic E-state index is 11.9. The monoisotopic (exact) mass is 266 g/mol. The van der Waals surface area contributed by atoms with Crippen molar-refractivity contribution < 1.29 is 4.79 Å². The van der Waals surface area contributed by atoms with Gasteiger partial charge in [-0.25, -0.2) is 0 Å². The second kappa shape index (κ2) is 6.81. The number of nitrogens with two attached hydrogens (primary N) is 1. The van der Waals surface area contributed by atoms with E-state index in [0.717, 1.165) is 5.56 Å². The molecule has 18 heavy (non-hydrogen) atoms. The van der Waals surface area contributed by atoms with Crippen molar-refractivity contribution in [3.05, 3.63) is 29.8 Å². The van der Waals surface area contributed by atoms with Crippen LogP contribution in [0.3, 0.4) is 0 Å². The maximum Gasteiger partial charge on any atom is 0.237 e. The third-order valence-electron chi connectivity index (χ3n) is 3.00. The van der Waals surface area contributed by atoms with Gasteiger partial charge in [-0.1, -0.05) is 26.0 Å². The second-order valence-corrected chi connectivity index (χ2v) is 5.65. The number of hydrogen-bond donors (Lipinski definition) is 2. The van der Waals surface area contributed by atoms with Crippen molar-refractivity contribution in [3.8, 4) is 0 Å². The molecule has 0 saturated heterocycles. The molecule has 0 saturated carbocycles. The van der Waals surface area contributed by atoms with E-state index in [1.165, 1.54) is 4.90 Å². The SMILES string of the molecule is CSc1ccc(C(C)NC(=O)C(N)C(C)C)cc1. The number of rotatable bonds is 5. The molecule has 0 aliphatic rings. The summed E-state index contributed by atoms with van der Waals surface area (Å²) < 4.78 is 0. The van der Waals surface area contributed by atoms with Crippen LogP contribution in [0.4, 0.5) is 0 Å². The summed E-state index contributed by atoms with van der Waals surface area (Å²) in [5.41, 5.74) is 6.91. The number of amides is 1. The Labute approximate surface area is 114 Å². The maximum atomic E-state index is 11.9. The molecule has 0 spiro atoms. The van der Waals surface area contributed by atoms with Crippen molar-refractivity contribution in [2.75, 3.05) is 6.26 Å². The first kappa shape index (κ1) is 15.1. The van der Waals surface area contributed by atoms with Gasteiger partial charge in [0, 0.05) is 4.90 Å². The van der Waals surface area contributed by atoms with Crippen molar-refractivity contribution in [3.63, 3.8) is 0 Å².